The average Bonchev–Trinajstić information content (AvgIpc) is 2.29. The molecule has 86 valence electrons. The topological polar surface area (TPSA) is 56.2 Å². The first-order chi connectivity index (χ1) is 7.72. The van der Waals surface area contributed by atoms with Crippen molar-refractivity contribution in [2.24, 2.45) is 5.73 Å². The minimum atomic E-state index is -0.0750. The third-order valence-electron chi connectivity index (χ3n) is 2.17. The Morgan fingerprint density at radius 3 is 2.88 bits per heavy atom. The van der Waals surface area contributed by atoms with E-state index < -0.39 is 0 Å². The predicted molar refractivity (Wildman–Crippen MR) is 66.2 cm³/mol. The average molecular weight is 219 g/mol. The van der Waals surface area contributed by atoms with Crippen LogP contribution < -0.4 is 21.8 Å². The van der Waals surface area contributed by atoms with Crippen molar-refractivity contribution in [3.8, 4) is 0 Å². The van der Waals surface area contributed by atoms with E-state index in [0.717, 1.165) is 12.8 Å². The molecule has 3 heteroatoms. The van der Waals surface area contributed by atoms with Crippen molar-refractivity contribution < 1.29 is 4.42 Å². The lowest BCUT2D eigenvalue weighted by molar-refractivity contribution is 0.457. The summed E-state index contributed by atoms with van der Waals surface area (Å²) in [5.41, 5.74) is 5.98. The third kappa shape index (κ3) is 2.94. The van der Waals surface area contributed by atoms with Crippen LogP contribution >= 0.6 is 0 Å². The van der Waals surface area contributed by atoms with Gasteiger partial charge in [0.25, 0.3) is 0 Å². The monoisotopic (exact) mass is 219 g/mol. The maximum atomic E-state index is 11.8. The van der Waals surface area contributed by atoms with Crippen LogP contribution in [-0.2, 0) is 6.54 Å². The number of unbranched alkanes of at least 4 members (excludes halogenated alkanes) is 1. The second-order valence-electron chi connectivity index (χ2n) is 3.45. The minimum Gasteiger partial charge on any atom is -0.460 e. The Hall–Kier alpha value is -1.61. The molecular weight excluding hydrogens is 202 g/mol. The van der Waals surface area contributed by atoms with Crippen LogP contribution in [0.25, 0.3) is 12.2 Å². The van der Waals surface area contributed by atoms with Gasteiger partial charge in [-0.15, -0.1) is 0 Å². The molecule has 1 rings (SSSR count). The van der Waals surface area contributed by atoms with Gasteiger partial charge >= 0.3 is 0 Å². The fourth-order valence-corrected chi connectivity index (χ4v) is 1.38. The highest BCUT2D eigenvalue weighted by atomic mass is 16.3. The van der Waals surface area contributed by atoms with E-state index in [1.54, 1.807) is 12.2 Å². The Morgan fingerprint density at radius 2 is 2.31 bits per heavy atom. The Bertz CT molecular complexity index is 526. The van der Waals surface area contributed by atoms with Crippen LogP contribution in [-0.4, -0.2) is 0 Å². The quantitative estimate of drug-likeness (QED) is 0.808. The highest BCUT2D eigenvalue weighted by Crippen LogP contribution is 1.89. The Balaban J connectivity index is 3.53. The Morgan fingerprint density at radius 1 is 1.56 bits per heavy atom. The molecule has 0 unspecified atom stereocenters. The molecule has 0 atom stereocenters. The fraction of sp³-hybridized carbons (Fsp3) is 0.308. The van der Waals surface area contributed by atoms with Gasteiger partial charge in [0.1, 0.15) is 11.2 Å². The van der Waals surface area contributed by atoms with Gasteiger partial charge in [-0.2, -0.15) is 0 Å². The molecule has 0 fully saturated rings. The van der Waals surface area contributed by atoms with Crippen LogP contribution in [0, 0.1) is 0 Å². The zero-order valence-corrected chi connectivity index (χ0v) is 9.53. The zero-order valence-electron chi connectivity index (χ0n) is 9.53. The van der Waals surface area contributed by atoms with Crippen molar-refractivity contribution in [2.75, 3.05) is 0 Å². The van der Waals surface area contributed by atoms with Gasteiger partial charge in [0.05, 0.1) is 11.8 Å². The summed E-state index contributed by atoms with van der Waals surface area (Å²) in [5.74, 6) is 0.508. The van der Waals surface area contributed by atoms with E-state index in [0.29, 0.717) is 16.4 Å². The number of hydrogen-bond donors (Lipinski definition) is 1. The molecule has 0 aliphatic rings. The van der Waals surface area contributed by atoms with E-state index in [1.165, 1.54) is 6.07 Å². The van der Waals surface area contributed by atoms with E-state index in [4.69, 9.17) is 10.2 Å². The summed E-state index contributed by atoms with van der Waals surface area (Å²) < 4.78 is 5.53. The summed E-state index contributed by atoms with van der Waals surface area (Å²) in [7, 11) is 0. The standard InChI is InChI=1S/C13H17NO2/c1-3-5-7-13-11(6-4-2)12(15)8-10(9-14)16-13/h4,6-8H,2-3,5,9,14H2,1H3/b11-6-,13-7+. The summed E-state index contributed by atoms with van der Waals surface area (Å²) in [5, 5.41) is 0.542. The van der Waals surface area contributed by atoms with E-state index in [9.17, 15) is 4.79 Å². The molecule has 1 aromatic heterocycles. The smallest absolute Gasteiger partial charge is 0.192 e. The van der Waals surface area contributed by atoms with Crippen molar-refractivity contribution in [2.45, 2.75) is 26.3 Å². The summed E-state index contributed by atoms with van der Waals surface area (Å²) in [6, 6.07) is 1.43. The summed E-state index contributed by atoms with van der Waals surface area (Å²) in [4.78, 5) is 11.8. The van der Waals surface area contributed by atoms with Gasteiger partial charge in [-0.3, -0.25) is 4.79 Å². The number of nitrogens with two attached hydrogens (primary N) is 1. The third-order valence-corrected chi connectivity index (χ3v) is 2.17. The number of rotatable bonds is 4. The van der Waals surface area contributed by atoms with Gasteiger partial charge in [0.2, 0.25) is 0 Å². The lowest BCUT2D eigenvalue weighted by Gasteiger charge is -1.96. The lowest BCUT2D eigenvalue weighted by Crippen LogP contribution is -2.39. The van der Waals surface area contributed by atoms with Crippen molar-refractivity contribution in [1.29, 1.82) is 0 Å². The molecule has 0 saturated carbocycles. The second-order valence-corrected chi connectivity index (χ2v) is 3.45. The predicted octanol–water partition coefficient (Wildman–Crippen LogP) is 0.646. The normalized spacial score (nSPS) is 13.1. The van der Waals surface area contributed by atoms with Crippen LogP contribution in [0.2, 0.25) is 0 Å². The van der Waals surface area contributed by atoms with E-state index in [2.05, 4.69) is 13.5 Å². The van der Waals surface area contributed by atoms with Crippen molar-refractivity contribution in [1.82, 2.24) is 0 Å². The molecule has 0 spiro atoms. The van der Waals surface area contributed by atoms with Crippen LogP contribution in [0.4, 0.5) is 0 Å². The van der Waals surface area contributed by atoms with Gasteiger partial charge < -0.3 is 10.2 Å². The molecule has 1 heterocycles. The van der Waals surface area contributed by atoms with E-state index in [-0.39, 0.29) is 12.0 Å². The number of allylic oxidation sites excluding steroid dienone is 1. The molecule has 0 aliphatic carbocycles. The molecule has 3 nitrogen and oxygen atoms in total. The van der Waals surface area contributed by atoms with Gasteiger partial charge in [-0.25, -0.2) is 0 Å². The first-order valence-corrected chi connectivity index (χ1v) is 5.39. The Kier molecular flexibility index (Phi) is 4.73. The summed E-state index contributed by atoms with van der Waals surface area (Å²) in [6.45, 7) is 5.89. The SMILES string of the molecule is C=C/C=c1/c(=O)cc(CN)o/c1=C/CCC. The molecule has 0 bridgehead atoms. The first-order valence-electron chi connectivity index (χ1n) is 5.39. The van der Waals surface area contributed by atoms with Crippen molar-refractivity contribution >= 4 is 12.2 Å². The van der Waals surface area contributed by atoms with Crippen LogP contribution in [0.15, 0.2) is 27.9 Å². The molecule has 2 N–H and O–H groups in total. The molecule has 0 saturated heterocycles. The van der Waals surface area contributed by atoms with Crippen LogP contribution in [0.3, 0.4) is 0 Å². The van der Waals surface area contributed by atoms with Gasteiger partial charge in [0, 0.05) is 6.07 Å². The molecule has 0 amide bonds. The molecule has 16 heavy (non-hydrogen) atoms. The minimum absolute atomic E-state index is 0.0750. The maximum Gasteiger partial charge on any atom is 0.192 e. The highest BCUT2D eigenvalue weighted by Gasteiger charge is 1.98. The molecular formula is C13H17NO2. The van der Waals surface area contributed by atoms with Gasteiger partial charge in [0.15, 0.2) is 5.43 Å². The van der Waals surface area contributed by atoms with Gasteiger partial charge in [-0.1, -0.05) is 26.0 Å². The maximum absolute atomic E-state index is 11.8. The fourth-order valence-electron chi connectivity index (χ4n) is 1.38. The summed E-state index contributed by atoms with van der Waals surface area (Å²) in [6.07, 6.45) is 7.03. The van der Waals surface area contributed by atoms with Crippen molar-refractivity contribution in [3.05, 3.63) is 45.3 Å². The highest BCUT2D eigenvalue weighted by molar-refractivity contribution is 5.36. The largest absolute Gasteiger partial charge is 0.460 e. The molecule has 1 aromatic rings. The zero-order chi connectivity index (χ0) is 12.0. The van der Waals surface area contributed by atoms with Crippen LogP contribution in [0.5, 0.6) is 0 Å². The van der Waals surface area contributed by atoms with Crippen molar-refractivity contribution in [3.63, 3.8) is 0 Å². The lowest BCUT2D eigenvalue weighted by atomic mass is 10.2. The second kappa shape index (κ2) is 6.08. The molecule has 0 aliphatic heterocycles. The molecule has 0 aromatic carbocycles. The van der Waals surface area contributed by atoms with E-state index in [1.807, 2.05) is 6.08 Å². The number of hydrogen-bond acceptors (Lipinski definition) is 3. The first kappa shape index (κ1) is 12.5. The van der Waals surface area contributed by atoms with Gasteiger partial charge in [-0.05, 0) is 18.6 Å². The Labute approximate surface area is 94.6 Å². The molecule has 0 radical (unpaired) electrons. The van der Waals surface area contributed by atoms with Crippen LogP contribution in [0.1, 0.15) is 25.5 Å². The summed E-state index contributed by atoms with van der Waals surface area (Å²) >= 11 is 0. The van der Waals surface area contributed by atoms with E-state index >= 15 is 0 Å².